The first-order chi connectivity index (χ1) is 17.6. The molecule has 0 amide bonds. The number of nitrogens with one attached hydrogen (secondary N) is 1. The molecule has 8 heteroatoms. The van der Waals surface area contributed by atoms with Crippen LogP contribution in [-0.2, 0) is 19.5 Å². The van der Waals surface area contributed by atoms with Crippen molar-refractivity contribution in [3.05, 3.63) is 77.2 Å². The quantitative estimate of drug-likeness (QED) is 0.356. The zero-order valence-corrected chi connectivity index (χ0v) is 21.0. The molecule has 0 radical (unpaired) electrons. The Labute approximate surface area is 210 Å². The number of nitrogens with zero attached hydrogens (tertiary/aromatic N) is 3. The van der Waals surface area contributed by atoms with E-state index < -0.39 is 0 Å². The van der Waals surface area contributed by atoms with Crippen molar-refractivity contribution in [3.63, 3.8) is 0 Å². The Morgan fingerprint density at radius 3 is 2.44 bits per heavy atom. The smallest absolute Gasteiger partial charge is 0.227 e. The standard InChI is InChI=1S/C28H30N4O4/c1-18-15-29-28(30-21-13-24(33-2)27(35-4)25(14-21)34-3)31-26(18)23-12-20-17-32(11-10-22(20)36-23)16-19-8-6-5-7-9-19/h5-9,12-15H,10-11,16-17H2,1-4H3,(H,29,30,31). The topological polar surface area (TPSA) is 81.9 Å². The summed E-state index contributed by atoms with van der Waals surface area (Å²) in [6, 6.07) is 16.3. The number of aromatic nitrogens is 2. The minimum absolute atomic E-state index is 0.449. The Kier molecular flexibility index (Phi) is 6.77. The number of anilines is 2. The molecule has 4 aromatic rings. The first-order valence-corrected chi connectivity index (χ1v) is 11.9. The van der Waals surface area contributed by atoms with Crippen LogP contribution in [0.25, 0.3) is 11.5 Å². The van der Waals surface area contributed by atoms with Crippen molar-refractivity contribution in [2.45, 2.75) is 26.4 Å². The minimum Gasteiger partial charge on any atom is -0.493 e. The molecule has 1 aliphatic heterocycles. The van der Waals surface area contributed by atoms with E-state index in [1.807, 2.05) is 19.1 Å². The lowest BCUT2D eigenvalue weighted by Gasteiger charge is -2.25. The van der Waals surface area contributed by atoms with Crippen LogP contribution in [0.2, 0.25) is 0 Å². The van der Waals surface area contributed by atoms with Crippen LogP contribution in [0.1, 0.15) is 22.5 Å². The van der Waals surface area contributed by atoms with E-state index in [1.54, 1.807) is 27.5 Å². The van der Waals surface area contributed by atoms with Gasteiger partial charge in [0.1, 0.15) is 11.5 Å². The number of aryl methyl sites for hydroxylation is 1. The number of methoxy groups -OCH3 is 3. The molecule has 0 saturated carbocycles. The van der Waals surface area contributed by atoms with Crippen LogP contribution in [0.3, 0.4) is 0 Å². The normalized spacial score (nSPS) is 13.2. The molecule has 1 N–H and O–H groups in total. The van der Waals surface area contributed by atoms with Crippen LogP contribution >= 0.6 is 0 Å². The molecule has 0 atom stereocenters. The van der Waals surface area contributed by atoms with Crippen LogP contribution in [0, 0.1) is 6.92 Å². The van der Waals surface area contributed by atoms with E-state index in [-0.39, 0.29) is 0 Å². The van der Waals surface area contributed by atoms with Crippen molar-refractivity contribution >= 4 is 11.6 Å². The molecule has 3 heterocycles. The summed E-state index contributed by atoms with van der Waals surface area (Å²) < 4.78 is 22.6. The maximum atomic E-state index is 6.28. The maximum absolute atomic E-state index is 6.28. The highest BCUT2D eigenvalue weighted by Crippen LogP contribution is 2.40. The van der Waals surface area contributed by atoms with E-state index >= 15 is 0 Å². The van der Waals surface area contributed by atoms with E-state index in [0.717, 1.165) is 54.5 Å². The SMILES string of the molecule is COc1cc(Nc2ncc(C)c(-c3cc4c(o3)CCN(Cc3ccccc3)C4)n2)cc(OC)c1OC. The largest absolute Gasteiger partial charge is 0.493 e. The molecule has 0 saturated heterocycles. The number of rotatable bonds is 8. The van der Waals surface area contributed by atoms with Crippen molar-refractivity contribution in [2.24, 2.45) is 0 Å². The summed E-state index contributed by atoms with van der Waals surface area (Å²) in [6.07, 6.45) is 2.68. The Morgan fingerprint density at radius 2 is 1.75 bits per heavy atom. The Balaban J connectivity index is 1.38. The molecule has 36 heavy (non-hydrogen) atoms. The average Bonchev–Trinajstić information content (AvgIpc) is 3.33. The molecular weight excluding hydrogens is 456 g/mol. The van der Waals surface area contributed by atoms with Gasteiger partial charge in [-0.2, -0.15) is 0 Å². The number of benzene rings is 2. The highest BCUT2D eigenvalue weighted by molar-refractivity contribution is 5.67. The van der Waals surface area contributed by atoms with Crippen LogP contribution in [-0.4, -0.2) is 42.7 Å². The van der Waals surface area contributed by atoms with Gasteiger partial charge in [-0.3, -0.25) is 4.90 Å². The zero-order valence-electron chi connectivity index (χ0n) is 21.0. The summed E-state index contributed by atoms with van der Waals surface area (Å²) in [7, 11) is 4.75. The molecule has 8 nitrogen and oxygen atoms in total. The molecular formula is C28H30N4O4. The van der Waals surface area contributed by atoms with Gasteiger partial charge in [-0.05, 0) is 24.1 Å². The molecule has 0 fully saturated rings. The minimum atomic E-state index is 0.449. The van der Waals surface area contributed by atoms with Crippen LogP contribution in [0.15, 0.2) is 59.1 Å². The van der Waals surface area contributed by atoms with Gasteiger partial charge >= 0.3 is 0 Å². The fourth-order valence-electron chi connectivity index (χ4n) is 4.52. The predicted octanol–water partition coefficient (Wildman–Crippen LogP) is 5.37. The van der Waals surface area contributed by atoms with Crippen molar-refractivity contribution in [2.75, 3.05) is 33.2 Å². The number of hydrogen-bond donors (Lipinski definition) is 1. The lowest BCUT2D eigenvalue weighted by molar-refractivity contribution is 0.234. The summed E-state index contributed by atoms with van der Waals surface area (Å²) in [5.74, 6) is 3.86. The number of fused-ring (bicyclic) bond motifs is 1. The summed E-state index contributed by atoms with van der Waals surface area (Å²) in [5.41, 5.74) is 4.96. The molecule has 186 valence electrons. The van der Waals surface area contributed by atoms with Crippen molar-refractivity contribution in [1.29, 1.82) is 0 Å². The molecule has 1 aliphatic rings. The van der Waals surface area contributed by atoms with Crippen LogP contribution in [0.5, 0.6) is 17.2 Å². The highest BCUT2D eigenvalue weighted by Gasteiger charge is 2.23. The van der Waals surface area contributed by atoms with Crippen molar-refractivity contribution in [3.8, 4) is 28.7 Å². The third-order valence-corrected chi connectivity index (χ3v) is 6.32. The first kappa shape index (κ1) is 23.7. The maximum Gasteiger partial charge on any atom is 0.227 e. The predicted molar refractivity (Wildman–Crippen MR) is 138 cm³/mol. The number of ether oxygens (including phenoxy) is 3. The first-order valence-electron chi connectivity index (χ1n) is 11.9. The second-order valence-corrected chi connectivity index (χ2v) is 8.77. The lowest BCUT2D eigenvalue weighted by atomic mass is 10.1. The second kappa shape index (κ2) is 10.3. The molecule has 2 aromatic carbocycles. The Bertz CT molecular complexity index is 1330. The Hall–Kier alpha value is -4.04. The van der Waals surface area contributed by atoms with Crippen LogP contribution in [0.4, 0.5) is 11.6 Å². The van der Waals surface area contributed by atoms with Crippen molar-refractivity contribution < 1.29 is 18.6 Å². The summed E-state index contributed by atoms with van der Waals surface area (Å²) in [6.45, 7) is 4.73. The average molecular weight is 487 g/mol. The zero-order chi connectivity index (χ0) is 25.1. The third kappa shape index (κ3) is 4.85. The van der Waals surface area contributed by atoms with E-state index in [2.05, 4.69) is 51.6 Å². The van der Waals surface area contributed by atoms with Gasteiger partial charge in [-0.15, -0.1) is 0 Å². The van der Waals surface area contributed by atoms with Crippen molar-refractivity contribution in [1.82, 2.24) is 14.9 Å². The van der Waals surface area contributed by atoms with Gasteiger partial charge in [0.2, 0.25) is 11.7 Å². The number of hydrogen-bond acceptors (Lipinski definition) is 8. The molecule has 0 spiro atoms. The lowest BCUT2D eigenvalue weighted by Crippen LogP contribution is -2.29. The van der Waals surface area contributed by atoms with Gasteiger partial charge in [-0.1, -0.05) is 30.3 Å². The summed E-state index contributed by atoms with van der Waals surface area (Å²) >= 11 is 0. The monoisotopic (exact) mass is 486 g/mol. The highest BCUT2D eigenvalue weighted by atomic mass is 16.5. The fraction of sp³-hybridized carbons (Fsp3) is 0.286. The fourth-order valence-corrected chi connectivity index (χ4v) is 4.52. The van der Waals surface area contributed by atoms with E-state index in [9.17, 15) is 0 Å². The van der Waals surface area contributed by atoms with E-state index in [1.165, 1.54) is 11.1 Å². The number of furan rings is 1. The molecule has 0 aliphatic carbocycles. The van der Waals surface area contributed by atoms with Gasteiger partial charge in [-0.25, -0.2) is 9.97 Å². The van der Waals surface area contributed by atoms with Gasteiger partial charge in [0.25, 0.3) is 0 Å². The summed E-state index contributed by atoms with van der Waals surface area (Å²) in [5, 5.41) is 3.25. The van der Waals surface area contributed by atoms with Crippen LogP contribution < -0.4 is 19.5 Å². The van der Waals surface area contributed by atoms with Gasteiger partial charge in [0.15, 0.2) is 17.3 Å². The van der Waals surface area contributed by atoms with Gasteiger partial charge in [0, 0.05) is 55.6 Å². The van der Waals surface area contributed by atoms with Gasteiger partial charge in [0.05, 0.1) is 21.3 Å². The molecule has 2 aromatic heterocycles. The summed E-state index contributed by atoms with van der Waals surface area (Å²) in [4.78, 5) is 11.7. The molecule has 0 unspecified atom stereocenters. The van der Waals surface area contributed by atoms with Gasteiger partial charge < -0.3 is 23.9 Å². The molecule has 5 rings (SSSR count). The third-order valence-electron chi connectivity index (χ3n) is 6.32. The van der Waals surface area contributed by atoms with E-state index in [4.69, 9.17) is 23.6 Å². The molecule has 0 bridgehead atoms. The Morgan fingerprint density at radius 1 is 1.00 bits per heavy atom. The van der Waals surface area contributed by atoms with E-state index in [0.29, 0.717) is 23.2 Å². The second-order valence-electron chi connectivity index (χ2n) is 8.77.